The summed E-state index contributed by atoms with van der Waals surface area (Å²) < 4.78 is 0. The summed E-state index contributed by atoms with van der Waals surface area (Å²) in [4.78, 5) is 12.8. The Kier molecular flexibility index (Phi) is 3.34. The lowest BCUT2D eigenvalue weighted by molar-refractivity contribution is 0.253. The number of hydrogen-bond acceptors (Lipinski definition) is 4. The van der Waals surface area contributed by atoms with Crippen molar-refractivity contribution in [3.8, 4) is 0 Å². The molecule has 1 saturated carbocycles. The molecule has 3 rings (SSSR count). The van der Waals surface area contributed by atoms with Crippen LogP contribution in [0.5, 0.6) is 0 Å². The third kappa shape index (κ3) is 2.40. The number of pyridine rings is 1. The van der Waals surface area contributed by atoms with Crippen LogP contribution in [0.4, 0.5) is 5.95 Å². The Morgan fingerprint density at radius 3 is 2.47 bits per heavy atom. The predicted molar refractivity (Wildman–Crippen MR) is 75.3 cm³/mol. The summed E-state index contributed by atoms with van der Waals surface area (Å²) in [6, 6.07) is 5.58. The largest absolute Gasteiger partial charge is 0.353 e. The van der Waals surface area contributed by atoms with E-state index in [1.165, 1.54) is 6.42 Å². The molecule has 2 aromatic rings. The molecule has 0 unspecified atom stereocenters. The Morgan fingerprint density at radius 2 is 1.84 bits per heavy atom. The molecule has 0 atom stereocenters. The molecular weight excluding hydrogens is 260 g/mol. The lowest BCUT2D eigenvalue weighted by Gasteiger charge is -2.41. The first-order chi connectivity index (χ1) is 9.30. The fourth-order valence-electron chi connectivity index (χ4n) is 2.52. The van der Waals surface area contributed by atoms with Gasteiger partial charge in [0.05, 0.1) is 10.7 Å². The molecule has 0 radical (unpaired) electrons. The zero-order chi connectivity index (χ0) is 13.1. The van der Waals surface area contributed by atoms with Crippen molar-refractivity contribution in [3.05, 3.63) is 47.5 Å². The van der Waals surface area contributed by atoms with Gasteiger partial charge in [-0.05, 0) is 31.0 Å². The Morgan fingerprint density at radius 1 is 1.11 bits per heavy atom. The maximum Gasteiger partial charge on any atom is 0.222 e. The molecule has 0 bridgehead atoms. The predicted octanol–water partition coefficient (Wildman–Crippen LogP) is 3.06. The van der Waals surface area contributed by atoms with E-state index in [-0.39, 0.29) is 5.41 Å². The monoisotopic (exact) mass is 274 g/mol. The highest BCUT2D eigenvalue weighted by Gasteiger charge is 2.41. The van der Waals surface area contributed by atoms with Crippen molar-refractivity contribution in [1.82, 2.24) is 15.0 Å². The molecule has 2 heterocycles. The Labute approximate surface area is 117 Å². The van der Waals surface area contributed by atoms with E-state index in [4.69, 9.17) is 11.6 Å². The van der Waals surface area contributed by atoms with Crippen molar-refractivity contribution >= 4 is 17.5 Å². The molecule has 2 aromatic heterocycles. The molecule has 1 aliphatic rings. The quantitative estimate of drug-likeness (QED) is 0.931. The smallest absolute Gasteiger partial charge is 0.222 e. The zero-order valence-electron chi connectivity index (χ0n) is 10.5. The van der Waals surface area contributed by atoms with E-state index in [0.29, 0.717) is 5.95 Å². The molecule has 19 heavy (non-hydrogen) atoms. The van der Waals surface area contributed by atoms with Gasteiger partial charge < -0.3 is 5.32 Å². The summed E-state index contributed by atoms with van der Waals surface area (Å²) in [7, 11) is 0. The van der Waals surface area contributed by atoms with Gasteiger partial charge in [-0.25, -0.2) is 9.97 Å². The van der Waals surface area contributed by atoms with Crippen LogP contribution in [-0.4, -0.2) is 21.5 Å². The number of hydrogen-bond donors (Lipinski definition) is 1. The van der Waals surface area contributed by atoms with Crippen LogP contribution in [0.25, 0.3) is 0 Å². The van der Waals surface area contributed by atoms with E-state index in [1.54, 1.807) is 24.7 Å². The van der Waals surface area contributed by atoms with E-state index in [2.05, 4.69) is 20.3 Å². The van der Waals surface area contributed by atoms with Crippen LogP contribution in [0.3, 0.4) is 0 Å². The van der Waals surface area contributed by atoms with Gasteiger partial charge in [0.2, 0.25) is 5.95 Å². The van der Waals surface area contributed by atoms with E-state index in [0.717, 1.165) is 30.1 Å². The fourth-order valence-corrected chi connectivity index (χ4v) is 2.84. The van der Waals surface area contributed by atoms with Gasteiger partial charge in [-0.15, -0.1) is 0 Å². The summed E-state index contributed by atoms with van der Waals surface area (Å²) >= 11 is 6.28. The third-order valence-corrected chi connectivity index (χ3v) is 4.03. The molecule has 0 spiro atoms. The van der Waals surface area contributed by atoms with Gasteiger partial charge in [-0.2, -0.15) is 0 Å². The van der Waals surface area contributed by atoms with Gasteiger partial charge >= 0.3 is 0 Å². The second-order valence-electron chi connectivity index (χ2n) is 4.89. The molecule has 1 aliphatic carbocycles. The second kappa shape index (κ2) is 5.13. The average Bonchev–Trinajstić information content (AvgIpc) is 2.41. The third-order valence-electron chi connectivity index (χ3n) is 3.72. The highest BCUT2D eigenvalue weighted by molar-refractivity contribution is 6.31. The molecule has 98 valence electrons. The lowest BCUT2D eigenvalue weighted by Crippen LogP contribution is -2.42. The van der Waals surface area contributed by atoms with Crippen molar-refractivity contribution < 1.29 is 0 Å². The number of aromatic nitrogens is 3. The number of halogens is 1. The summed E-state index contributed by atoms with van der Waals surface area (Å²) in [5.41, 5.74) is 1.02. The Balaban J connectivity index is 1.79. The van der Waals surface area contributed by atoms with Crippen LogP contribution in [0, 0.1) is 0 Å². The van der Waals surface area contributed by atoms with E-state index in [9.17, 15) is 0 Å². The summed E-state index contributed by atoms with van der Waals surface area (Å²) in [6.45, 7) is 0.772. The van der Waals surface area contributed by atoms with Crippen molar-refractivity contribution in [1.29, 1.82) is 0 Å². The molecule has 0 saturated heterocycles. The number of nitrogens with one attached hydrogen (secondary N) is 1. The fraction of sp³-hybridized carbons (Fsp3) is 0.357. The van der Waals surface area contributed by atoms with Gasteiger partial charge in [0, 0.05) is 30.6 Å². The van der Waals surface area contributed by atoms with Crippen LogP contribution in [0.2, 0.25) is 5.02 Å². The first-order valence-electron chi connectivity index (χ1n) is 6.42. The van der Waals surface area contributed by atoms with Gasteiger partial charge in [0.15, 0.2) is 0 Å². The van der Waals surface area contributed by atoms with Gasteiger partial charge in [-0.3, -0.25) is 4.98 Å². The minimum absolute atomic E-state index is 0.0253. The van der Waals surface area contributed by atoms with Gasteiger partial charge in [-0.1, -0.05) is 18.0 Å². The topological polar surface area (TPSA) is 50.7 Å². The minimum Gasteiger partial charge on any atom is -0.353 e. The van der Waals surface area contributed by atoms with Gasteiger partial charge in [0.25, 0.3) is 0 Å². The second-order valence-corrected chi connectivity index (χ2v) is 5.30. The highest BCUT2D eigenvalue weighted by atomic mass is 35.5. The molecule has 5 heteroatoms. The maximum absolute atomic E-state index is 6.28. The zero-order valence-corrected chi connectivity index (χ0v) is 11.3. The number of rotatable bonds is 4. The minimum atomic E-state index is 0.0253. The van der Waals surface area contributed by atoms with Crippen LogP contribution in [0.15, 0.2) is 36.8 Å². The van der Waals surface area contributed by atoms with Crippen LogP contribution in [0.1, 0.15) is 25.0 Å². The van der Waals surface area contributed by atoms with E-state index >= 15 is 0 Å². The molecule has 0 aliphatic heterocycles. The van der Waals surface area contributed by atoms with Crippen LogP contribution in [-0.2, 0) is 5.41 Å². The molecule has 1 N–H and O–H groups in total. The van der Waals surface area contributed by atoms with Crippen molar-refractivity contribution in [3.63, 3.8) is 0 Å². The molecular formula is C14H15ClN4. The van der Waals surface area contributed by atoms with Crippen molar-refractivity contribution in [2.24, 2.45) is 0 Å². The van der Waals surface area contributed by atoms with Crippen LogP contribution >= 0.6 is 11.6 Å². The molecule has 1 fully saturated rings. The van der Waals surface area contributed by atoms with Crippen LogP contribution < -0.4 is 5.32 Å². The molecule has 4 nitrogen and oxygen atoms in total. The average molecular weight is 275 g/mol. The first-order valence-corrected chi connectivity index (χ1v) is 6.80. The summed E-state index contributed by atoms with van der Waals surface area (Å²) in [5.74, 6) is 0.654. The molecule has 0 amide bonds. The highest BCUT2D eigenvalue weighted by Crippen LogP contribution is 2.45. The molecule has 0 aromatic carbocycles. The van der Waals surface area contributed by atoms with Crippen molar-refractivity contribution in [2.45, 2.75) is 24.7 Å². The van der Waals surface area contributed by atoms with Crippen molar-refractivity contribution in [2.75, 3.05) is 11.9 Å². The normalized spacial score (nSPS) is 16.7. The van der Waals surface area contributed by atoms with E-state index < -0.39 is 0 Å². The first kappa shape index (κ1) is 12.4. The maximum atomic E-state index is 6.28. The van der Waals surface area contributed by atoms with E-state index in [1.807, 2.05) is 12.1 Å². The Hall–Kier alpha value is -1.68. The number of nitrogens with zero attached hydrogens (tertiary/aromatic N) is 3. The Bertz CT molecular complexity index is 554. The summed E-state index contributed by atoms with van der Waals surface area (Å²) in [5, 5.41) is 4.04. The lowest BCUT2D eigenvalue weighted by atomic mass is 9.66. The van der Waals surface area contributed by atoms with Gasteiger partial charge in [0.1, 0.15) is 0 Å². The SMILES string of the molecule is Clc1cccnc1C1(CNc2ncccn2)CCC1. The number of anilines is 1. The summed E-state index contributed by atoms with van der Waals surface area (Å²) in [6.07, 6.45) is 8.69. The standard InChI is InChI=1S/C14H15ClN4/c15-11-4-1-7-16-12(11)14(5-2-6-14)10-19-13-17-8-3-9-18-13/h1,3-4,7-9H,2,5-6,10H2,(H,17,18,19).